The summed E-state index contributed by atoms with van der Waals surface area (Å²) in [5.74, 6) is -0.887. The molecule has 7 heteroatoms. The van der Waals surface area contributed by atoms with E-state index in [4.69, 9.17) is 4.74 Å². The van der Waals surface area contributed by atoms with Gasteiger partial charge in [0.1, 0.15) is 5.75 Å². The van der Waals surface area contributed by atoms with Gasteiger partial charge in [-0.2, -0.15) is 0 Å². The normalized spacial score (nSPS) is 11.3. The highest BCUT2D eigenvalue weighted by molar-refractivity contribution is 5.86. The molecule has 0 heterocycles. The van der Waals surface area contributed by atoms with Crippen LogP contribution in [0.4, 0.5) is 0 Å². The molecule has 2 amide bonds. The quantitative estimate of drug-likeness (QED) is 0.606. The molecule has 0 radical (unpaired) electrons. The molecule has 2 N–H and O–H groups in total. The van der Waals surface area contributed by atoms with Crippen molar-refractivity contribution in [2.75, 3.05) is 7.11 Å². The Kier molecular flexibility index (Phi) is 7.05. The number of aryl methyl sites for hydroxylation is 2. The summed E-state index contributed by atoms with van der Waals surface area (Å²) < 4.78 is 9.94. The van der Waals surface area contributed by atoms with Crippen LogP contribution in [-0.2, 0) is 19.1 Å². The number of benzene rings is 1. The fraction of sp³-hybridized carbons (Fsp3) is 0.438. The van der Waals surface area contributed by atoms with Crippen molar-refractivity contribution in [3.63, 3.8) is 0 Å². The number of methoxy groups -OCH3 is 1. The molecule has 0 aliphatic carbocycles. The van der Waals surface area contributed by atoms with Crippen molar-refractivity contribution < 1.29 is 23.9 Å². The molecule has 0 aliphatic rings. The molecule has 1 aromatic carbocycles. The van der Waals surface area contributed by atoms with Gasteiger partial charge in [0, 0.05) is 6.42 Å². The van der Waals surface area contributed by atoms with Gasteiger partial charge in [0.25, 0.3) is 5.91 Å². The van der Waals surface area contributed by atoms with Crippen molar-refractivity contribution in [3.05, 3.63) is 29.3 Å². The fourth-order valence-corrected chi connectivity index (χ4v) is 1.66. The minimum Gasteiger partial charge on any atom is -0.481 e. The smallest absolute Gasteiger partial charge is 0.306 e. The van der Waals surface area contributed by atoms with Crippen molar-refractivity contribution in [2.24, 2.45) is 0 Å². The van der Waals surface area contributed by atoms with E-state index in [0.29, 0.717) is 5.75 Å². The van der Waals surface area contributed by atoms with Gasteiger partial charge in [0.15, 0.2) is 6.10 Å². The van der Waals surface area contributed by atoms with E-state index in [1.54, 1.807) is 13.0 Å². The zero-order valence-electron chi connectivity index (χ0n) is 13.8. The van der Waals surface area contributed by atoms with Gasteiger partial charge >= 0.3 is 5.97 Å². The Morgan fingerprint density at radius 1 is 1.09 bits per heavy atom. The number of carbonyl (C=O) groups is 3. The maximum Gasteiger partial charge on any atom is 0.306 e. The summed E-state index contributed by atoms with van der Waals surface area (Å²) >= 11 is 0. The maximum absolute atomic E-state index is 11.9. The molecule has 0 saturated carbocycles. The highest BCUT2D eigenvalue weighted by atomic mass is 16.5. The molecule has 0 saturated heterocycles. The Hall–Kier alpha value is -2.57. The second kappa shape index (κ2) is 8.77. The Morgan fingerprint density at radius 2 is 1.78 bits per heavy atom. The molecule has 1 unspecified atom stereocenters. The summed E-state index contributed by atoms with van der Waals surface area (Å²) in [7, 11) is 1.24. The number of hydrogen-bond donors (Lipinski definition) is 2. The summed E-state index contributed by atoms with van der Waals surface area (Å²) in [6.45, 7) is 5.51. The van der Waals surface area contributed by atoms with E-state index in [9.17, 15) is 14.4 Å². The van der Waals surface area contributed by atoms with E-state index in [1.807, 2.05) is 26.0 Å². The molecule has 0 fully saturated rings. The lowest BCUT2D eigenvalue weighted by Gasteiger charge is -2.16. The van der Waals surface area contributed by atoms with Crippen molar-refractivity contribution in [1.29, 1.82) is 0 Å². The van der Waals surface area contributed by atoms with E-state index in [-0.39, 0.29) is 12.8 Å². The second-order valence-electron chi connectivity index (χ2n) is 5.12. The van der Waals surface area contributed by atoms with Gasteiger partial charge in [0.05, 0.1) is 13.5 Å². The molecule has 1 aromatic rings. The van der Waals surface area contributed by atoms with Crippen LogP contribution in [0.2, 0.25) is 0 Å². The summed E-state index contributed by atoms with van der Waals surface area (Å²) in [6.07, 6.45) is -0.898. The number of esters is 1. The molecule has 1 rings (SSSR count). The van der Waals surface area contributed by atoms with Crippen LogP contribution in [0.15, 0.2) is 18.2 Å². The van der Waals surface area contributed by atoms with Gasteiger partial charge in [-0.25, -0.2) is 0 Å². The van der Waals surface area contributed by atoms with E-state index < -0.39 is 23.9 Å². The Balaban J connectivity index is 2.40. The zero-order chi connectivity index (χ0) is 17.4. The van der Waals surface area contributed by atoms with Gasteiger partial charge in [-0.15, -0.1) is 0 Å². The Bertz CT molecular complexity index is 586. The van der Waals surface area contributed by atoms with Crippen LogP contribution < -0.4 is 15.6 Å². The molecule has 1 atom stereocenters. The predicted octanol–water partition coefficient (Wildman–Crippen LogP) is 1.17. The number of nitrogens with one attached hydrogen (secondary N) is 2. The summed E-state index contributed by atoms with van der Waals surface area (Å²) in [4.78, 5) is 34.2. The molecule has 126 valence electrons. The first-order valence-corrected chi connectivity index (χ1v) is 7.23. The molecule has 23 heavy (non-hydrogen) atoms. The molecule has 0 bridgehead atoms. The van der Waals surface area contributed by atoms with Gasteiger partial charge in [-0.1, -0.05) is 6.07 Å². The van der Waals surface area contributed by atoms with Crippen molar-refractivity contribution >= 4 is 17.8 Å². The monoisotopic (exact) mass is 322 g/mol. The van der Waals surface area contributed by atoms with E-state index in [1.165, 1.54) is 7.11 Å². The summed E-state index contributed by atoms with van der Waals surface area (Å²) in [5.41, 5.74) is 6.67. The number of hydrazine groups is 1. The third kappa shape index (κ3) is 6.37. The fourth-order valence-electron chi connectivity index (χ4n) is 1.66. The average Bonchev–Trinajstić information content (AvgIpc) is 2.53. The van der Waals surface area contributed by atoms with Crippen molar-refractivity contribution in [1.82, 2.24) is 10.9 Å². The third-order valence-electron chi connectivity index (χ3n) is 3.27. The summed E-state index contributed by atoms with van der Waals surface area (Å²) in [5, 5.41) is 0. The van der Waals surface area contributed by atoms with Crippen molar-refractivity contribution in [3.8, 4) is 5.75 Å². The topological polar surface area (TPSA) is 93.7 Å². The average molecular weight is 322 g/mol. The van der Waals surface area contributed by atoms with E-state index in [0.717, 1.165) is 11.1 Å². The first-order chi connectivity index (χ1) is 10.8. The van der Waals surface area contributed by atoms with Crippen LogP contribution in [0.1, 0.15) is 30.9 Å². The number of carbonyl (C=O) groups excluding carboxylic acids is 3. The molecule has 0 aliphatic heterocycles. The van der Waals surface area contributed by atoms with Crippen LogP contribution in [0.25, 0.3) is 0 Å². The van der Waals surface area contributed by atoms with Crippen LogP contribution in [0.5, 0.6) is 5.75 Å². The lowest BCUT2D eigenvalue weighted by molar-refractivity contribution is -0.142. The van der Waals surface area contributed by atoms with Gasteiger partial charge in [0.2, 0.25) is 5.91 Å². The van der Waals surface area contributed by atoms with Crippen LogP contribution in [-0.4, -0.2) is 31.0 Å². The lowest BCUT2D eigenvalue weighted by Crippen LogP contribution is -2.47. The SMILES string of the molecule is COC(=O)CCC(=O)NNC(=O)C(C)Oc1ccc(C)c(C)c1. The first kappa shape index (κ1) is 18.5. The second-order valence-corrected chi connectivity index (χ2v) is 5.12. The van der Waals surface area contributed by atoms with Crippen LogP contribution >= 0.6 is 0 Å². The number of rotatable bonds is 6. The number of hydrogen-bond acceptors (Lipinski definition) is 5. The third-order valence-corrected chi connectivity index (χ3v) is 3.27. The molecule has 7 nitrogen and oxygen atoms in total. The van der Waals surface area contributed by atoms with Gasteiger partial charge < -0.3 is 9.47 Å². The van der Waals surface area contributed by atoms with Crippen LogP contribution in [0, 0.1) is 13.8 Å². The van der Waals surface area contributed by atoms with Crippen LogP contribution in [0.3, 0.4) is 0 Å². The first-order valence-electron chi connectivity index (χ1n) is 7.23. The Morgan fingerprint density at radius 3 is 2.39 bits per heavy atom. The minimum atomic E-state index is -0.780. The number of ether oxygens (including phenoxy) is 2. The van der Waals surface area contributed by atoms with Gasteiger partial charge in [-0.3, -0.25) is 25.2 Å². The minimum absolute atomic E-state index is 0.0487. The lowest BCUT2D eigenvalue weighted by atomic mass is 10.1. The number of amides is 2. The highest BCUT2D eigenvalue weighted by Crippen LogP contribution is 2.17. The summed E-state index contributed by atoms with van der Waals surface area (Å²) in [6, 6.07) is 5.53. The highest BCUT2D eigenvalue weighted by Gasteiger charge is 2.16. The Labute approximate surface area is 135 Å². The molecular weight excluding hydrogens is 300 g/mol. The molecular formula is C16H22N2O5. The van der Waals surface area contributed by atoms with Crippen molar-refractivity contribution in [2.45, 2.75) is 39.7 Å². The van der Waals surface area contributed by atoms with Gasteiger partial charge in [-0.05, 0) is 44.0 Å². The predicted molar refractivity (Wildman–Crippen MR) is 83.5 cm³/mol. The zero-order valence-corrected chi connectivity index (χ0v) is 13.8. The van der Waals surface area contributed by atoms with E-state index in [2.05, 4.69) is 15.6 Å². The molecule has 0 spiro atoms. The maximum atomic E-state index is 11.9. The largest absolute Gasteiger partial charge is 0.481 e. The standard InChI is InChI=1S/C16H22N2O5/c1-10-5-6-13(9-11(10)2)23-12(3)16(21)18-17-14(19)7-8-15(20)22-4/h5-6,9,12H,7-8H2,1-4H3,(H,17,19)(H,18,21). The molecule has 0 aromatic heterocycles. The van der Waals surface area contributed by atoms with E-state index >= 15 is 0 Å².